The highest BCUT2D eigenvalue weighted by Crippen LogP contribution is 2.23. The molecule has 1 aromatic rings. The second-order valence-electron chi connectivity index (χ2n) is 4.22. The Kier molecular flexibility index (Phi) is 5.41. The Labute approximate surface area is 102 Å². The summed E-state index contributed by atoms with van der Waals surface area (Å²) in [5.74, 6) is 0. The number of nitrogens with two attached hydrogens (primary N) is 1. The van der Waals surface area contributed by atoms with E-state index in [2.05, 4.69) is 5.32 Å². The number of rotatable bonds is 6. The van der Waals surface area contributed by atoms with Crippen LogP contribution in [-0.4, -0.2) is 29.9 Å². The fourth-order valence-electron chi connectivity index (χ4n) is 1.79. The molecular formula is C13H22N2O2. The summed E-state index contributed by atoms with van der Waals surface area (Å²) in [6.07, 6.45) is -0.271. The molecule has 5 N–H and O–H groups in total. The standard InChI is InChI=1S/C13H22N2O2/c1-3-9-8-10(4-5-11(9)14)13(17)12(16)6-7-15-2/h4-5,8,12-13,15-17H,3,6-7,14H2,1-2H3. The Hall–Kier alpha value is -1.10. The van der Waals surface area contributed by atoms with E-state index in [1.165, 1.54) is 0 Å². The van der Waals surface area contributed by atoms with Gasteiger partial charge in [-0.1, -0.05) is 19.1 Å². The lowest BCUT2D eigenvalue weighted by Crippen LogP contribution is -2.23. The highest BCUT2D eigenvalue weighted by atomic mass is 16.3. The number of hydrogen-bond donors (Lipinski definition) is 4. The summed E-state index contributed by atoms with van der Waals surface area (Å²) in [6.45, 7) is 2.69. The molecule has 17 heavy (non-hydrogen) atoms. The van der Waals surface area contributed by atoms with Crippen molar-refractivity contribution in [2.24, 2.45) is 0 Å². The van der Waals surface area contributed by atoms with Crippen LogP contribution in [0.2, 0.25) is 0 Å². The molecule has 0 heterocycles. The average molecular weight is 238 g/mol. The van der Waals surface area contributed by atoms with Crippen LogP contribution >= 0.6 is 0 Å². The van der Waals surface area contributed by atoms with E-state index in [0.29, 0.717) is 13.0 Å². The first-order chi connectivity index (χ1) is 8.10. The van der Waals surface area contributed by atoms with Gasteiger partial charge in [0, 0.05) is 5.69 Å². The summed E-state index contributed by atoms with van der Waals surface area (Å²) in [5.41, 5.74) is 8.26. The summed E-state index contributed by atoms with van der Waals surface area (Å²) >= 11 is 0. The van der Waals surface area contributed by atoms with Crippen molar-refractivity contribution in [3.63, 3.8) is 0 Å². The summed E-state index contributed by atoms with van der Waals surface area (Å²) in [7, 11) is 1.82. The third kappa shape index (κ3) is 3.70. The fourth-order valence-corrected chi connectivity index (χ4v) is 1.79. The van der Waals surface area contributed by atoms with Crippen molar-refractivity contribution in [3.05, 3.63) is 29.3 Å². The minimum absolute atomic E-state index is 0.517. The van der Waals surface area contributed by atoms with E-state index in [4.69, 9.17) is 5.73 Å². The number of anilines is 1. The smallest absolute Gasteiger partial charge is 0.105 e. The third-order valence-electron chi connectivity index (χ3n) is 2.94. The Morgan fingerprint density at radius 2 is 2.06 bits per heavy atom. The molecule has 0 bridgehead atoms. The molecule has 4 nitrogen and oxygen atoms in total. The first kappa shape index (κ1) is 14.0. The van der Waals surface area contributed by atoms with Crippen molar-refractivity contribution < 1.29 is 10.2 Å². The lowest BCUT2D eigenvalue weighted by atomic mass is 9.98. The maximum Gasteiger partial charge on any atom is 0.105 e. The van der Waals surface area contributed by atoms with Crippen LogP contribution in [0.4, 0.5) is 5.69 Å². The fraction of sp³-hybridized carbons (Fsp3) is 0.538. The van der Waals surface area contributed by atoms with Crippen LogP contribution in [0.1, 0.15) is 30.6 Å². The van der Waals surface area contributed by atoms with Gasteiger partial charge in [-0.3, -0.25) is 0 Å². The molecule has 1 rings (SSSR count). The molecule has 2 atom stereocenters. The van der Waals surface area contributed by atoms with Crippen molar-refractivity contribution in [2.75, 3.05) is 19.3 Å². The Balaban J connectivity index is 2.77. The maximum atomic E-state index is 10.0. The molecule has 0 aliphatic heterocycles. The van der Waals surface area contributed by atoms with Crippen molar-refractivity contribution in [2.45, 2.75) is 32.0 Å². The van der Waals surface area contributed by atoms with Crippen molar-refractivity contribution in [1.82, 2.24) is 5.32 Å². The quantitative estimate of drug-likeness (QED) is 0.554. The molecule has 0 saturated carbocycles. The first-order valence-electron chi connectivity index (χ1n) is 5.99. The molecule has 2 unspecified atom stereocenters. The lowest BCUT2D eigenvalue weighted by molar-refractivity contribution is 0.0140. The van der Waals surface area contributed by atoms with Crippen molar-refractivity contribution in [1.29, 1.82) is 0 Å². The molecule has 0 radical (unpaired) electrons. The number of benzene rings is 1. The second-order valence-corrected chi connectivity index (χ2v) is 4.22. The number of nitrogen functional groups attached to an aromatic ring is 1. The summed E-state index contributed by atoms with van der Waals surface area (Å²) < 4.78 is 0. The van der Waals surface area contributed by atoms with Gasteiger partial charge in [0.2, 0.25) is 0 Å². The summed E-state index contributed by atoms with van der Waals surface area (Å²) in [4.78, 5) is 0. The normalized spacial score (nSPS) is 14.6. The monoisotopic (exact) mass is 238 g/mol. The van der Waals surface area contributed by atoms with Gasteiger partial charge in [0.1, 0.15) is 6.10 Å². The van der Waals surface area contributed by atoms with Crippen LogP contribution in [0.15, 0.2) is 18.2 Å². The summed E-state index contributed by atoms with van der Waals surface area (Å²) in [6, 6.07) is 5.41. The molecule has 0 fully saturated rings. The van der Waals surface area contributed by atoms with Gasteiger partial charge >= 0.3 is 0 Å². The highest BCUT2D eigenvalue weighted by Gasteiger charge is 2.18. The zero-order chi connectivity index (χ0) is 12.8. The number of aliphatic hydroxyl groups excluding tert-OH is 2. The van der Waals surface area contributed by atoms with Crippen molar-refractivity contribution >= 4 is 5.69 Å². The van der Waals surface area contributed by atoms with E-state index in [0.717, 1.165) is 23.2 Å². The number of nitrogens with one attached hydrogen (secondary N) is 1. The van der Waals surface area contributed by atoms with Gasteiger partial charge < -0.3 is 21.3 Å². The van der Waals surface area contributed by atoms with E-state index in [-0.39, 0.29) is 0 Å². The topological polar surface area (TPSA) is 78.5 Å². The molecular weight excluding hydrogens is 216 g/mol. The molecule has 0 amide bonds. The predicted molar refractivity (Wildman–Crippen MR) is 69.7 cm³/mol. The minimum Gasteiger partial charge on any atom is -0.399 e. The van der Waals surface area contributed by atoms with E-state index < -0.39 is 12.2 Å². The molecule has 0 aromatic heterocycles. The molecule has 1 aromatic carbocycles. The minimum atomic E-state index is -0.853. The van der Waals surface area contributed by atoms with Gasteiger partial charge in [0.15, 0.2) is 0 Å². The molecule has 4 heteroatoms. The van der Waals surface area contributed by atoms with E-state index in [9.17, 15) is 10.2 Å². The van der Waals surface area contributed by atoms with Gasteiger partial charge in [-0.05, 0) is 43.6 Å². The molecule has 96 valence electrons. The van der Waals surface area contributed by atoms with E-state index >= 15 is 0 Å². The maximum absolute atomic E-state index is 10.0. The number of hydrogen-bond acceptors (Lipinski definition) is 4. The number of aryl methyl sites for hydroxylation is 1. The molecule has 0 aliphatic rings. The molecule has 0 spiro atoms. The van der Waals surface area contributed by atoms with Crippen LogP contribution in [-0.2, 0) is 6.42 Å². The SMILES string of the molecule is CCc1cc(C(O)C(O)CCNC)ccc1N. The predicted octanol–water partition coefficient (Wildman–Crippen LogP) is 0.835. The van der Waals surface area contributed by atoms with Gasteiger partial charge in [-0.25, -0.2) is 0 Å². The first-order valence-corrected chi connectivity index (χ1v) is 5.99. The van der Waals surface area contributed by atoms with Crippen LogP contribution in [0.3, 0.4) is 0 Å². The highest BCUT2D eigenvalue weighted by molar-refractivity contribution is 5.49. The van der Waals surface area contributed by atoms with Crippen LogP contribution in [0, 0.1) is 0 Å². The van der Waals surface area contributed by atoms with Gasteiger partial charge in [-0.2, -0.15) is 0 Å². The molecule has 0 aliphatic carbocycles. The van der Waals surface area contributed by atoms with E-state index in [1.807, 2.05) is 20.0 Å². The van der Waals surface area contributed by atoms with Crippen LogP contribution < -0.4 is 11.1 Å². The van der Waals surface area contributed by atoms with E-state index in [1.54, 1.807) is 12.1 Å². The molecule has 0 saturated heterocycles. The van der Waals surface area contributed by atoms with Gasteiger partial charge in [0.25, 0.3) is 0 Å². The Bertz CT molecular complexity index is 355. The zero-order valence-corrected chi connectivity index (χ0v) is 10.5. The largest absolute Gasteiger partial charge is 0.399 e. The Morgan fingerprint density at radius 3 is 2.65 bits per heavy atom. The lowest BCUT2D eigenvalue weighted by Gasteiger charge is -2.19. The average Bonchev–Trinajstić information content (AvgIpc) is 2.35. The van der Waals surface area contributed by atoms with Crippen LogP contribution in [0.25, 0.3) is 0 Å². The Morgan fingerprint density at radius 1 is 1.35 bits per heavy atom. The zero-order valence-electron chi connectivity index (χ0n) is 10.5. The van der Waals surface area contributed by atoms with Gasteiger partial charge in [-0.15, -0.1) is 0 Å². The summed E-state index contributed by atoms with van der Waals surface area (Å²) in [5, 5.41) is 22.8. The third-order valence-corrected chi connectivity index (χ3v) is 2.94. The van der Waals surface area contributed by atoms with Gasteiger partial charge in [0.05, 0.1) is 6.10 Å². The van der Waals surface area contributed by atoms with Crippen molar-refractivity contribution in [3.8, 4) is 0 Å². The number of aliphatic hydroxyl groups is 2. The second kappa shape index (κ2) is 6.59. The van der Waals surface area contributed by atoms with Crippen LogP contribution in [0.5, 0.6) is 0 Å².